The summed E-state index contributed by atoms with van der Waals surface area (Å²) < 4.78 is 41.5. The number of aryl methyl sites for hydroxylation is 1. The molecule has 0 unspecified atom stereocenters. The highest BCUT2D eigenvalue weighted by Crippen LogP contribution is 2.30. The minimum atomic E-state index is -4.03. The fraction of sp³-hybridized carbons (Fsp3) is 0.257. The SMILES string of the molecule is COc1cc(C)c(S(=O)(=O)N[C@@H](COC(=O)[C@H](Cc2ccccc2)NC(=O)c2ccccc2)Cc2ccccc2)c(C)c1C. The lowest BCUT2D eigenvalue weighted by Gasteiger charge is -2.23. The van der Waals surface area contributed by atoms with Gasteiger partial charge in [-0.15, -0.1) is 0 Å². The Balaban J connectivity index is 1.58. The molecule has 0 saturated heterocycles. The molecular formula is C35H38N2O6S. The van der Waals surface area contributed by atoms with E-state index in [1.54, 1.807) is 57.4 Å². The number of esters is 1. The van der Waals surface area contributed by atoms with Crippen molar-refractivity contribution in [2.24, 2.45) is 0 Å². The van der Waals surface area contributed by atoms with Gasteiger partial charge < -0.3 is 14.8 Å². The highest BCUT2D eigenvalue weighted by Gasteiger charge is 2.29. The molecule has 0 aromatic heterocycles. The number of sulfonamides is 1. The number of rotatable bonds is 13. The van der Waals surface area contributed by atoms with Crippen LogP contribution in [0.5, 0.6) is 5.75 Å². The lowest BCUT2D eigenvalue weighted by atomic mass is 10.1. The van der Waals surface area contributed by atoms with Gasteiger partial charge in [-0.25, -0.2) is 17.9 Å². The first-order chi connectivity index (χ1) is 21.1. The summed E-state index contributed by atoms with van der Waals surface area (Å²) in [6, 6.07) is 27.2. The van der Waals surface area contributed by atoms with E-state index in [0.717, 1.165) is 16.7 Å². The summed E-state index contributed by atoms with van der Waals surface area (Å²) in [5.74, 6) is -0.468. The lowest BCUT2D eigenvalue weighted by Crippen LogP contribution is -2.46. The predicted octanol–water partition coefficient (Wildman–Crippen LogP) is 5.09. The third-order valence-corrected chi connectivity index (χ3v) is 9.26. The van der Waals surface area contributed by atoms with Gasteiger partial charge in [0.1, 0.15) is 18.4 Å². The van der Waals surface area contributed by atoms with Gasteiger partial charge in [0.2, 0.25) is 10.0 Å². The quantitative estimate of drug-likeness (QED) is 0.203. The number of hydrogen-bond acceptors (Lipinski definition) is 6. The van der Waals surface area contributed by atoms with Gasteiger partial charge >= 0.3 is 5.97 Å². The Kier molecular flexibility index (Phi) is 10.9. The van der Waals surface area contributed by atoms with E-state index in [1.165, 1.54) is 0 Å². The molecule has 1 amide bonds. The van der Waals surface area contributed by atoms with Gasteiger partial charge in [-0.1, -0.05) is 78.9 Å². The summed E-state index contributed by atoms with van der Waals surface area (Å²) in [7, 11) is -2.48. The summed E-state index contributed by atoms with van der Waals surface area (Å²) in [6.45, 7) is 5.04. The molecule has 4 rings (SSSR count). The zero-order chi connectivity index (χ0) is 31.7. The van der Waals surface area contributed by atoms with Crippen LogP contribution < -0.4 is 14.8 Å². The van der Waals surface area contributed by atoms with Crippen molar-refractivity contribution in [2.45, 2.75) is 50.6 Å². The zero-order valence-corrected chi connectivity index (χ0v) is 26.2. The van der Waals surface area contributed by atoms with Crippen molar-refractivity contribution < 1.29 is 27.5 Å². The van der Waals surface area contributed by atoms with E-state index in [9.17, 15) is 18.0 Å². The first-order valence-electron chi connectivity index (χ1n) is 14.4. The van der Waals surface area contributed by atoms with Crippen LogP contribution in [0.25, 0.3) is 0 Å². The lowest BCUT2D eigenvalue weighted by molar-refractivity contribution is -0.146. The van der Waals surface area contributed by atoms with Crippen molar-refractivity contribution in [3.8, 4) is 5.75 Å². The summed E-state index contributed by atoms with van der Waals surface area (Å²) in [5, 5.41) is 2.80. The standard InChI is InChI=1S/C35H38N2O6S/c1-24-20-32(42-4)25(2)26(3)33(24)44(40,41)37-30(21-27-14-8-5-9-15-27)23-43-35(39)31(22-28-16-10-6-11-17-28)36-34(38)29-18-12-7-13-19-29/h5-20,30-31,37H,21-23H2,1-4H3,(H,36,38)/t30-,31+/m1/s1. The second kappa shape index (κ2) is 14.8. The molecule has 0 heterocycles. The second-order valence-corrected chi connectivity index (χ2v) is 12.3. The van der Waals surface area contributed by atoms with Gasteiger partial charge in [-0.2, -0.15) is 0 Å². The monoisotopic (exact) mass is 614 g/mol. The smallest absolute Gasteiger partial charge is 0.329 e. The molecule has 4 aromatic rings. The number of hydrogen-bond donors (Lipinski definition) is 2. The number of carbonyl (C=O) groups excluding carboxylic acids is 2. The molecule has 0 radical (unpaired) electrons. The maximum atomic E-state index is 13.8. The largest absolute Gasteiger partial charge is 0.496 e. The van der Waals surface area contributed by atoms with E-state index in [0.29, 0.717) is 22.4 Å². The van der Waals surface area contributed by atoms with E-state index in [4.69, 9.17) is 9.47 Å². The van der Waals surface area contributed by atoms with E-state index in [2.05, 4.69) is 10.0 Å². The number of benzene rings is 4. The van der Waals surface area contributed by atoms with Crippen molar-refractivity contribution in [2.75, 3.05) is 13.7 Å². The summed E-state index contributed by atoms with van der Waals surface area (Å²) in [5.41, 5.74) is 3.96. The Morgan fingerprint density at radius 1 is 0.773 bits per heavy atom. The molecule has 230 valence electrons. The van der Waals surface area contributed by atoms with Crippen LogP contribution >= 0.6 is 0 Å². The number of methoxy groups -OCH3 is 1. The van der Waals surface area contributed by atoms with Crippen LogP contribution in [0, 0.1) is 20.8 Å². The Morgan fingerprint density at radius 3 is 1.89 bits per heavy atom. The zero-order valence-electron chi connectivity index (χ0n) is 25.4. The van der Waals surface area contributed by atoms with Crippen LogP contribution in [0.4, 0.5) is 0 Å². The Hall–Kier alpha value is -4.47. The number of carbonyl (C=O) groups is 2. The topological polar surface area (TPSA) is 111 Å². The van der Waals surface area contributed by atoms with E-state index < -0.39 is 34.0 Å². The minimum Gasteiger partial charge on any atom is -0.496 e. The Labute approximate surface area is 259 Å². The molecule has 0 spiro atoms. The van der Waals surface area contributed by atoms with Crippen molar-refractivity contribution in [1.29, 1.82) is 0 Å². The van der Waals surface area contributed by atoms with Gasteiger partial charge in [-0.05, 0) is 73.2 Å². The van der Waals surface area contributed by atoms with E-state index in [1.807, 2.05) is 67.6 Å². The van der Waals surface area contributed by atoms with Crippen LogP contribution in [0.2, 0.25) is 0 Å². The van der Waals surface area contributed by atoms with Crippen LogP contribution in [0.15, 0.2) is 102 Å². The van der Waals surface area contributed by atoms with Gasteiger partial charge in [0.05, 0.1) is 18.0 Å². The normalized spacial score (nSPS) is 12.6. The molecule has 9 heteroatoms. The van der Waals surface area contributed by atoms with Crippen molar-refractivity contribution in [1.82, 2.24) is 10.0 Å². The van der Waals surface area contributed by atoms with E-state index in [-0.39, 0.29) is 24.3 Å². The van der Waals surface area contributed by atoms with Crippen LogP contribution in [-0.2, 0) is 32.4 Å². The van der Waals surface area contributed by atoms with E-state index >= 15 is 0 Å². The maximum Gasteiger partial charge on any atom is 0.329 e. The number of nitrogens with one attached hydrogen (secondary N) is 2. The molecule has 0 aliphatic carbocycles. The molecule has 44 heavy (non-hydrogen) atoms. The molecule has 2 N–H and O–H groups in total. The highest BCUT2D eigenvalue weighted by molar-refractivity contribution is 7.89. The summed E-state index contributed by atoms with van der Waals surface area (Å²) >= 11 is 0. The van der Waals surface area contributed by atoms with Crippen molar-refractivity contribution >= 4 is 21.9 Å². The molecule has 8 nitrogen and oxygen atoms in total. The average molecular weight is 615 g/mol. The fourth-order valence-corrected chi connectivity index (χ4v) is 6.86. The Bertz CT molecular complexity index is 1680. The minimum absolute atomic E-state index is 0.164. The molecule has 0 bridgehead atoms. The highest BCUT2D eigenvalue weighted by atomic mass is 32.2. The van der Waals surface area contributed by atoms with Crippen LogP contribution in [0.1, 0.15) is 38.2 Å². The van der Waals surface area contributed by atoms with Gasteiger partial charge in [0.15, 0.2) is 0 Å². The first kappa shape index (κ1) is 32.4. The third kappa shape index (κ3) is 8.33. The van der Waals surface area contributed by atoms with Crippen molar-refractivity contribution in [3.05, 3.63) is 130 Å². The van der Waals surface area contributed by atoms with Gasteiger partial charge in [-0.3, -0.25) is 4.79 Å². The molecule has 0 fully saturated rings. The van der Waals surface area contributed by atoms with Gasteiger partial charge in [0, 0.05) is 12.0 Å². The average Bonchev–Trinajstić information content (AvgIpc) is 3.02. The summed E-state index contributed by atoms with van der Waals surface area (Å²) in [4.78, 5) is 26.7. The molecule has 0 saturated carbocycles. The maximum absolute atomic E-state index is 13.8. The van der Waals surface area contributed by atoms with Gasteiger partial charge in [0.25, 0.3) is 5.91 Å². The molecule has 2 atom stereocenters. The predicted molar refractivity (Wildman–Crippen MR) is 170 cm³/mol. The van der Waals surface area contributed by atoms with Crippen LogP contribution in [0.3, 0.4) is 0 Å². The number of ether oxygens (including phenoxy) is 2. The first-order valence-corrected chi connectivity index (χ1v) is 15.8. The number of amides is 1. The fourth-order valence-electron chi connectivity index (χ4n) is 5.12. The second-order valence-electron chi connectivity index (χ2n) is 10.7. The van der Waals surface area contributed by atoms with Crippen LogP contribution in [-0.4, -0.2) is 46.1 Å². The molecule has 0 aliphatic heterocycles. The third-order valence-electron chi connectivity index (χ3n) is 7.45. The summed E-state index contributed by atoms with van der Waals surface area (Å²) in [6.07, 6.45) is 0.483. The van der Waals surface area contributed by atoms with Crippen molar-refractivity contribution in [3.63, 3.8) is 0 Å². The Morgan fingerprint density at radius 2 is 1.32 bits per heavy atom. The molecule has 0 aliphatic rings. The molecular weight excluding hydrogens is 576 g/mol. The molecule has 4 aromatic carbocycles.